The number of hydrogen-bond acceptors (Lipinski definition) is 2. The molecule has 1 aromatic rings. The highest BCUT2D eigenvalue weighted by atomic mass is 19.1. The number of hydrogen-bond donors (Lipinski definition) is 2. The van der Waals surface area contributed by atoms with Gasteiger partial charge in [0.2, 0.25) is 0 Å². The van der Waals surface area contributed by atoms with E-state index in [0.717, 1.165) is 25.7 Å². The predicted octanol–water partition coefficient (Wildman–Crippen LogP) is 2.47. The lowest BCUT2D eigenvalue weighted by Gasteiger charge is -2.23. The molecule has 92 valence electrons. The molecule has 0 aromatic heterocycles. The maximum Gasteiger partial charge on any atom is 0.253 e. The van der Waals surface area contributed by atoms with E-state index < -0.39 is 5.82 Å². The van der Waals surface area contributed by atoms with Crippen LogP contribution in [0.25, 0.3) is 0 Å². The minimum atomic E-state index is -0.540. The summed E-state index contributed by atoms with van der Waals surface area (Å²) in [6.07, 6.45) is 5.52. The number of carbonyl (C=O) groups excluding carboxylic acids is 1. The van der Waals surface area contributed by atoms with Gasteiger partial charge in [-0.3, -0.25) is 4.79 Å². The van der Waals surface area contributed by atoms with Gasteiger partial charge in [-0.25, -0.2) is 4.39 Å². The number of para-hydroxylation sites is 1. The lowest BCUT2D eigenvalue weighted by Crippen LogP contribution is -2.36. The Kier molecular flexibility index (Phi) is 3.61. The topological polar surface area (TPSA) is 55.1 Å². The van der Waals surface area contributed by atoms with Crippen molar-refractivity contribution in [1.29, 1.82) is 0 Å². The molecular formula is C13H17FN2O. The molecule has 0 heterocycles. The number of carbonyl (C=O) groups is 1. The number of nitrogens with one attached hydrogen (secondary N) is 1. The molecule has 1 aliphatic rings. The van der Waals surface area contributed by atoms with E-state index in [1.165, 1.54) is 18.6 Å². The molecule has 4 heteroatoms. The fourth-order valence-corrected chi connectivity index (χ4v) is 2.25. The van der Waals surface area contributed by atoms with Crippen molar-refractivity contribution in [2.75, 3.05) is 5.73 Å². The average molecular weight is 236 g/mol. The second kappa shape index (κ2) is 5.17. The summed E-state index contributed by atoms with van der Waals surface area (Å²) in [5, 5.41) is 2.92. The SMILES string of the molecule is Nc1c(F)cccc1C(=O)NC1CCCCC1. The Hall–Kier alpha value is -1.58. The second-order valence-corrected chi connectivity index (χ2v) is 4.51. The lowest BCUT2D eigenvalue weighted by atomic mass is 9.95. The van der Waals surface area contributed by atoms with Crippen molar-refractivity contribution >= 4 is 11.6 Å². The molecule has 0 saturated heterocycles. The molecule has 1 aliphatic carbocycles. The van der Waals surface area contributed by atoms with Crippen molar-refractivity contribution < 1.29 is 9.18 Å². The summed E-state index contributed by atoms with van der Waals surface area (Å²) in [5.74, 6) is -0.810. The van der Waals surface area contributed by atoms with Crippen LogP contribution in [0.5, 0.6) is 0 Å². The first-order valence-corrected chi connectivity index (χ1v) is 6.03. The van der Waals surface area contributed by atoms with Gasteiger partial charge in [0.05, 0.1) is 11.3 Å². The predicted molar refractivity (Wildman–Crippen MR) is 65.2 cm³/mol. The van der Waals surface area contributed by atoms with Gasteiger partial charge >= 0.3 is 0 Å². The van der Waals surface area contributed by atoms with E-state index in [-0.39, 0.29) is 23.2 Å². The van der Waals surface area contributed by atoms with Crippen LogP contribution in [0, 0.1) is 5.82 Å². The highest BCUT2D eigenvalue weighted by Gasteiger charge is 2.18. The Labute approximate surface area is 100 Å². The highest BCUT2D eigenvalue weighted by Crippen LogP contribution is 2.20. The third-order valence-electron chi connectivity index (χ3n) is 3.24. The first-order valence-electron chi connectivity index (χ1n) is 6.03. The van der Waals surface area contributed by atoms with Crippen molar-refractivity contribution in [2.24, 2.45) is 0 Å². The molecular weight excluding hydrogens is 219 g/mol. The van der Waals surface area contributed by atoms with Crippen LogP contribution >= 0.6 is 0 Å². The van der Waals surface area contributed by atoms with Crippen LogP contribution in [0.3, 0.4) is 0 Å². The van der Waals surface area contributed by atoms with Crippen LogP contribution in [0.15, 0.2) is 18.2 Å². The van der Waals surface area contributed by atoms with Crippen molar-refractivity contribution in [3.05, 3.63) is 29.6 Å². The van der Waals surface area contributed by atoms with Gasteiger partial charge in [-0.15, -0.1) is 0 Å². The number of nitrogen functional groups attached to an aromatic ring is 1. The Bertz CT molecular complexity index is 414. The molecule has 3 N–H and O–H groups in total. The normalized spacial score (nSPS) is 16.8. The zero-order valence-corrected chi connectivity index (χ0v) is 9.71. The van der Waals surface area contributed by atoms with E-state index in [1.807, 2.05) is 0 Å². The van der Waals surface area contributed by atoms with E-state index in [2.05, 4.69) is 5.32 Å². The molecule has 0 unspecified atom stereocenters. The molecule has 0 bridgehead atoms. The third-order valence-corrected chi connectivity index (χ3v) is 3.24. The van der Waals surface area contributed by atoms with E-state index >= 15 is 0 Å². The summed E-state index contributed by atoms with van der Waals surface area (Å²) in [4.78, 5) is 11.9. The van der Waals surface area contributed by atoms with Gasteiger partial charge < -0.3 is 11.1 Å². The van der Waals surface area contributed by atoms with Crippen molar-refractivity contribution in [3.8, 4) is 0 Å². The maximum absolute atomic E-state index is 13.2. The fraction of sp³-hybridized carbons (Fsp3) is 0.462. The molecule has 1 amide bonds. The fourth-order valence-electron chi connectivity index (χ4n) is 2.25. The average Bonchev–Trinajstić information content (AvgIpc) is 2.34. The Balaban J connectivity index is 2.06. The first kappa shape index (κ1) is 11.9. The summed E-state index contributed by atoms with van der Waals surface area (Å²) in [6, 6.07) is 4.52. The van der Waals surface area contributed by atoms with E-state index in [4.69, 9.17) is 5.73 Å². The van der Waals surface area contributed by atoms with Crippen molar-refractivity contribution in [3.63, 3.8) is 0 Å². The molecule has 1 saturated carbocycles. The van der Waals surface area contributed by atoms with Crippen LogP contribution in [0.1, 0.15) is 42.5 Å². The van der Waals surface area contributed by atoms with E-state index in [1.54, 1.807) is 6.07 Å². The second-order valence-electron chi connectivity index (χ2n) is 4.51. The van der Waals surface area contributed by atoms with Crippen molar-refractivity contribution in [2.45, 2.75) is 38.1 Å². The molecule has 2 rings (SSSR count). The van der Waals surface area contributed by atoms with Gasteiger partial charge in [-0.1, -0.05) is 25.3 Å². The molecule has 0 aliphatic heterocycles. The molecule has 0 radical (unpaired) electrons. The van der Waals surface area contributed by atoms with Crippen LogP contribution in [-0.2, 0) is 0 Å². The number of anilines is 1. The highest BCUT2D eigenvalue weighted by molar-refractivity contribution is 5.99. The molecule has 17 heavy (non-hydrogen) atoms. The number of benzene rings is 1. The Morgan fingerprint density at radius 1 is 1.29 bits per heavy atom. The quantitative estimate of drug-likeness (QED) is 0.775. The third kappa shape index (κ3) is 2.75. The molecule has 3 nitrogen and oxygen atoms in total. The van der Waals surface area contributed by atoms with Gasteiger partial charge in [0.25, 0.3) is 5.91 Å². The minimum Gasteiger partial charge on any atom is -0.396 e. The smallest absolute Gasteiger partial charge is 0.253 e. The number of nitrogens with two attached hydrogens (primary N) is 1. The van der Waals surface area contributed by atoms with Gasteiger partial charge in [0, 0.05) is 6.04 Å². The summed E-state index contributed by atoms with van der Waals surface area (Å²) in [6.45, 7) is 0. The minimum absolute atomic E-state index is 0.0687. The van der Waals surface area contributed by atoms with Crippen molar-refractivity contribution in [1.82, 2.24) is 5.32 Å². The lowest BCUT2D eigenvalue weighted by molar-refractivity contribution is 0.0928. The molecule has 1 fully saturated rings. The maximum atomic E-state index is 13.2. The zero-order chi connectivity index (χ0) is 12.3. The summed E-state index contributed by atoms with van der Waals surface area (Å²) < 4.78 is 13.2. The molecule has 0 spiro atoms. The van der Waals surface area contributed by atoms with Gasteiger partial charge in [-0.05, 0) is 25.0 Å². The largest absolute Gasteiger partial charge is 0.396 e. The van der Waals surface area contributed by atoms with Crippen LogP contribution in [-0.4, -0.2) is 11.9 Å². The zero-order valence-electron chi connectivity index (χ0n) is 9.71. The number of amides is 1. The van der Waals surface area contributed by atoms with Crippen LogP contribution in [0.4, 0.5) is 10.1 Å². The van der Waals surface area contributed by atoms with Gasteiger partial charge in [-0.2, -0.15) is 0 Å². The standard InChI is InChI=1S/C13H17FN2O/c14-11-8-4-7-10(12(11)15)13(17)16-9-5-2-1-3-6-9/h4,7-9H,1-3,5-6,15H2,(H,16,17). The number of rotatable bonds is 2. The van der Waals surface area contributed by atoms with E-state index in [9.17, 15) is 9.18 Å². The monoisotopic (exact) mass is 236 g/mol. The summed E-state index contributed by atoms with van der Waals surface area (Å²) in [5.41, 5.74) is 5.72. The van der Waals surface area contributed by atoms with Gasteiger partial charge in [0.1, 0.15) is 5.82 Å². The Morgan fingerprint density at radius 3 is 2.71 bits per heavy atom. The Morgan fingerprint density at radius 2 is 2.00 bits per heavy atom. The summed E-state index contributed by atoms with van der Waals surface area (Å²) >= 11 is 0. The first-order chi connectivity index (χ1) is 8.18. The van der Waals surface area contributed by atoms with Gasteiger partial charge in [0.15, 0.2) is 0 Å². The number of halogens is 1. The molecule has 0 atom stereocenters. The van der Waals surface area contributed by atoms with E-state index in [0.29, 0.717) is 0 Å². The van der Waals surface area contributed by atoms with Crippen LogP contribution in [0.2, 0.25) is 0 Å². The summed E-state index contributed by atoms with van der Waals surface area (Å²) in [7, 11) is 0. The molecule has 1 aromatic carbocycles. The van der Waals surface area contributed by atoms with Crippen LogP contribution < -0.4 is 11.1 Å².